The number of halogens is 2. The quantitative estimate of drug-likeness (QED) is 0.851. The monoisotopic (exact) mass is 243 g/mol. The van der Waals surface area contributed by atoms with Crippen LogP contribution in [0.25, 0.3) is 0 Å². The summed E-state index contributed by atoms with van der Waals surface area (Å²) >= 11 is 1.84. The van der Waals surface area contributed by atoms with Gasteiger partial charge in [-0.2, -0.15) is 0 Å². The van der Waals surface area contributed by atoms with Crippen LogP contribution in [0.5, 0.6) is 0 Å². The van der Waals surface area contributed by atoms with Crippen LogP contribution in [-0.4, -0.2) is 12.3 Å². The number of hydrogen-bond acceptors (Lipinski definition) is 2. The average molecular weight is 243 g/mol. The van der Waals surface area contributed by atoms with Crippen LogP contribution in [0.1, 0.15) is 29.8 Å². The van der Waals surface area contributed by atoms with Gasteiger partial charge in [-0.3, -0.25) is 0 Å². The first-order valence-electron chi connectivity index (χ1n) is 5.40. The van der Waals surface area contributed by atoms with Crippen LogP contribution in [0, 0.1) is 5.92 Å². The fourth-order valence-corrected chi connectivity index (χ4v) is 2.92. The molecule has 0 aliphatic carbocycles. The van der Waals surface area contributed by atoms with Crippen LogP contribution < -0.4 is 5.32 Å². The second kappa shape index (κ2) is 5.15. The largest absolute Gasteiger partial charge is 0.301 e. The maximum atomic E-state index is 12.4. The smallest absolute Gasteiger partial charge is 0.263 e. The first-order chi connectivity index (χ1) is 7.66. The van der Waals surface area contributed by atoms with Crippen molar-refractivity contribution in [1.82, 2.24) is 5.32 Å². The van der Waals surface area contributed by atoms with Gasteiger partial charge in [-0.1, -0.05) is 31.2 Å². The van der Waals surface area contributed by atoms with Gasteiger partial charge in [0.1, 0.15) is 0 Å². The van der Waals surface area contributed by atoms with Gasteiger partial charge in [0.2, 0.25) is 0 Å². The van der Waals surface area contributed by atoms with Crippen LogP contribution >= 0.6 is 11.8 Å². The molecule has 1 heterocycles. The molecule has 88 valence electrons. The number of thioether (sulfide) groups is 1. The van der Waals surface area contributed by atoms with Crippen molar-refractivity contribution in [3.63, 3.8) is 0 Å². The van der Waals surface area contributed by atoms with Crippen LogP contribution in [0.15, 0.2) is 24.3 Å². The van der Waals surface area contributed by atoms with Crippen molar-refractivity contribution in [2.75, 3.05) is 12.3 Å². The molecule has 2 unspecified atom stereocenters. The van der Waals surface area contributed by atoms with Crippen LogP contribution in [-0.2, 0) is 0 Å². The number of alkyl halides is 2. The second-order valence-electron chi connectivity index (χ2n) is 4.19. The van der Waals surface area contributed by atoms with Crippen molar-refractivity contribution < 1.29 is 8.78 Å². The van der Waals surface area contributed by atoms with Crippen LogP contribution in [0.4, 0.5) is 8.78 Å². The van der Waals surface area contributed by atoms with Gasteiger partial charge in [-0.25, -0.2) is 8.78 Å². The molecule has 1 fully saturated rings. The second-order valence-corrected chi connectivity index (χ2v) is 5.33. The maximum Gasteiger partial charge on any atom is 0.263 e. The lowest BCUT2D eigenvalue weighted by molar-refractivity contribution is 0.151. The van der Waals surface area contributed by atoms with E-state index in [1.165, 1.54) is 12.1 Å². The fraction of sp³-hybridized carbons (Fsp3) is 0.500. The Kier molecular flexibility index (Phi) is 3.82. The SMILES string of the molecule is CC1CNC(c2ccc(C(F)F)cc2)SC1. The molecule has 0 spiro atoms. The molecule has 0 aromatic heterocycles. The van der Waals surface area contributed by atoms with Gasteiger partial charge in [0.15, 0.2) is 0 Å². The first kappa shape index (κ1) is 11.9. The summed E-state index contributed by atoms with van der Waals surface area (Å²) in [7, 11) is 0. The number of nitrogens with one attached hydrogen (secondary N) is 1. The lowest BCUT2D eigenvalue weighted by Crippen LogP contribution is -2.31. The molecule has 1 aromatic carbocycles. The summed E-state index contributed by atoms with van der Waals surface area (Å²) in [5.41, 5.74) is 1.18. The van der Waals surface area contributed by atoms with E-state index >= 15 is 0 Å². The van der Waals surface area contributed by atoms with Crippen molar-refractivity contribution in [2.24, 2.45) is 5.92 Å². The van der Waals surface area contributed by atoms with Gasteiger partial charge < -0.3 is 5.32 Å². The predicted octanol–water partition coefficient (Wildman–Crippen LogP) is 3.60. The molecule has 4 heteroatoms. The highest BCUT2D eigenvalue weighted by molar-refractivity contribution is 7.99. The molecular weight excluding hydrogens is 228 g/mol. The Hall–Kier alpha value is -0.610. The third-order valence-electron chi connectivity index (χ3n) is 2.69. The molecule has 0 radical (unpaired) electrons. The van der Waals surface area contributed by atoms with E-state index in [1.807, 2.05) is 11.8 Å². The summed E-state index contributed by atoms with van der Waals surface area (Å²) in [6.45, 7) is 3.20. The van der Waals surface area contributed by atoms with E-state index in [-0.39, 0.29) is 10.9 Å². The molecule has 1 N–H and O–H groups in total. The van der Waals surface area contributed by atoms with Gasteiger partial charge in [0, 0.05) is 5.56 Å². The van der Waals surface area contributed by atoms with E-state index in [2.05, 4.69) is 12.2 Å². The van der Waals surface area contributed by atoms with Crippen molar-refractivity contribution >= 4 is 11.8 Å². The van der Waals surface area contributed by atoms with Crippen molar-refractivity contribution in [2.45, 2.75) is 18.7 Å². The molecule has 1 aliphatic heterocycles. The lowest BCUT2D eigenvalue weighted by Gasteiger charge is -2.27. The standard InChI is InChI=1S/C12H15F2NS/c1-8-6-15-12(16-7-8)10-4-2-9(3-5-10)11(13)14/h2-5,8,11-12,15H,6-7H2,1H3. The highest BCUT2D eigenvalue weighted by Gasteiger charge is 2.19. The molecule has 1 nitrogen and oxygen atoms in total. The number of benzene rings is 1. The molecule has 2 atom stereocenters. The Morgan fingerprint density at radius 3 is 2.50 bits per heavy atom. The minimum Gasteiger partial charge on any atom is -0.301 e. The van der Waals surface area contributed by atoms with Gasteiger partial charge in [0.25, 0.3) is 6.43 Å². The average Bonchev–Trinajstić information content (AvgIpc) is 2.30. The third-order valence-corrected chi connectivity index (χ3v) is 4.22. The van der Waals surface area contributed by atoms with Gasteiger partial charge in [-0.05, 0) is 23.8 Å². The first-order valence-corrected chi connectivity index (χ1v) is 6.44. The Morgan fingerprint density at radius 1 is 1.31 bits per heavy atom. The van der Waals surface area contributed by atoms with E-state index in [0.717, 1.165) is 17.9 Å². The van der Waals surface area contributed by atoms with Crippen LogP contribution in [0.2, 0.25) is 0 Å². The Balaban J connectivity index is 2.04. The molecule has 16 heavy (non-hydrogen) atoms. The molecular formula is C12H15F2NS. The van der Waals surface area contributed by atoms with E-state index in [4.69, 9.17) is 0 Å². The summed E-state index contributed by atoms with van der Waals surface area (Å²) in [5, 5.41) is 3.66. The minimum atomic E-state index is -2.37. The zero-order chi connectivity index (χ0) is 11.5. The van der Waals surface area contributed by atoms with Gasteiger partial charge in [0.05, 0.1) is 5.37 Å². The highest BCUT2D eigenvalue weighted by atomic mass is 32.2. The molecule has 0 amide bonds. The molecule has 1 aliphatic rings. The molecule has 1 aromatic rings. The normalized spacial score (nSPS) is 26.0. The molecule has 1 saturated heterocycles. The maximum absolute atomic E-state index is 12.4. The molecule has 2 rings (SSSR count). The summed E-state index contributed by atoms with van der Waals surface area (Å²) in [6.07, 6.45) is -2.37. The van der Waals surface area contributed by atoms with Crippen LogP contribution in [0.3, 0.4) is 0 Å². The zero-order valence-electron chi connectivity index (χ0n) is 9.12. The van der Waals surface area contributed by atoms with Crippen molar-refractivity contribution in [3.8, 4) is 0 Å². The van der Waals surface area contributed by atoms with Gasteiger partial charge in [-0.15, -0.1) is 11.8 Å². The number of rotatable bonds is 2. The fourth-order valence-electron chi connectivity index (χ4n) is 1.72. The number of hydrogen-bond donors (Lipinski definition) is 1. The van der Waals surface area contributed by atoms with Crippen molar-refractivity contribution in [1.29, 1.82) is 0 Å². The minimum absolute atomic E-state index is 0.0953. The predicted molar refractivity (Wildman–Crippen MR) is 63.8 cm³/mol. The molecule has 0 saturated carbocycles. The van der Waals surface area contributed by atoms with E-state index in [1.54, 1.807) is 12.1 Å². The summed E-state index contributed by atoms with van der Waals surface area (Å²) in [4.78, 5) is 0. The van der Waals surface area contributed by atoms with E-state index in [9.17, 15) is 8.78 Å². The third kappa shape index (κ3) is 2.74. The highest BCUT2D eigenvalue weighted by Crippen LogP contribution is 2.32. The van der Waals surface area contributed by atoms with E-state index in [0.29, 0.717) is 5.92 Å². The van der Waals surface area contributed by atoms with Gasteiger partial charge >= 0.3 is 0 Å². The zero-order valence-corrected chi connectivity index (χ0v) is 9.94. The van der Waals surface area contributed by atoms with E-state index < -0.39 is 6.43 Å². The summed E-state index contributed by atoms with van der Waals surface area (Å²) < 4.78 is 24.7. The summed E-state index contributed by atoms with van der Waals surface area (Å²) in [6, 6.07) is 6.62. The Bertz CT molecular complexity index is 331. The Morgan fingerprint density at radius 2 is 2.00 bits per heavy atom. The summed E-state index contributed by atoms with van der Waals surface area (Å²) in [5.74, 6) is 1.80. The van der Waals surface area contributed by atoms with Crippen molar-refractivity contribution in [3.05, 3.63) is 35.4 Å². The Labute approximate surface area is 98.6 Å². The topological polar surface area (TPSA) is 12.0 Å². The molecule has 0 bridgehead atoms. The lowest BCUT2D eigenvalue weighted by atomic mass is 10.1.